The molecule has 4 rings (SSSR count). The number of carbonyl (C=O) groups excluding carboxylic acids is 3. The second-order valence-corrected chi connectivity index (χ2v) is 7.87. The van der Waals surface area contributed by atoms with Crippen LogP contribution in [0.3, 0.4) is 0 Å². The number of rotatable bonds is 8. The van der Waals surface area contributed by atoms with Crippen molar-refractivity contribution in [3.05, 3.63) is 112 Å². The van der Waals surface area contributed by atoms with Crippen LogP contribution in [0.15, 0.2) is 90.3 Å². The molecular formula is C25H22N5O6+. The third kappa shape index (κ3) is 5.49. The fourth-order valence-corrected chi connectivity index (χ4v) is 3.80. The third-order valence-corrected chi connectivity index (χ3v) is 5.54. The highest BCUT2D eigenvalue weighted by molar-refractivity contribution is 5.92. The summed E-state index contributed by atoms with van der Waals surface area (Å²) < 4.78 is 18.7. The second-order valence-electron chi connectivity index (χ2n) is 7.87. The molecule has 3 aromatic rings. The summed E-state index contributed by atoms with van der Waals surface area (Å²) in [7, 11) is 0. The third-order valence-electron chi connectivity index (χ3n) is 5.54. The van der Waals surface area contributed by atoms with E-state index in [4.69, 9.17) is 19.9 Å². The number of primary amides is 1. The van der Waals surface area contributed by atoms with Gasteiger partial charge in [-0.15, -0.1) is 0 Å². The number of benzene rings is 2. The van der Waals surface area contributed by atoms with Crippen molar-refractivity contribution < 1.29 is 33.2 Å². The van der Waals surface area contributed by atoms with Crippen LogP contribution in [0, 0.1) is 0 Å². The summed E-state index contributed by atoms with van der Waals surface area (Å²) in [6, 6.07) is 18.7. The van der Waals surface area contributed by atoms with Gasteiger partial charge in [0.15, 0.2) is 12.4 Å². The SMILES string of the molecule is [N-]=[N+]=NC1[C@@H](OC(=O)c2ccccc2)[C@H]([n+]2cccc(C(N)=O)c2)O[C@@H]1COC(=O)c1ccccc1. The highest BCUT2D eigenvalue weighted by atomic mass is 16.6. The molecule has 4 atom stereocenters. The van der Waals surface area contributed by atoms with Crippen molar-refractivity contribution in [1.29, 1.82) is 0 Å². The van der Waals surface area contributed by atoms with E-state index >= 15 is 0 Å². The highest BCUT2D eigenvalue weighted by Crippen LogP contribution is 2.32. The lowest BCUT2D eigenvalue weighted by Gasteiger charge is -2.18. The molecule has 0 radical (unpaired) electrons. The molecule has 182 valence electrons. The van der Waals surface area contributed by atoms with Crippen LogP contribution in [-0.4, -0.2) is 42.7 Å². The monoisotopic (exact) mass is 488 g/mol. The largest absolute Gasteiger partial charge is 0.459 e. The molecule has 2 aromatic carbocycles. The first-order valence-electron chi connectivity index (χ1n) is 11.0. The molecule has 1 aliphatic rings. The van der Waals surface area contributed by atoms with Gasteiger partial charge in [-0.1, -0.05) is 41.5 Å². The number of carbonyl (C=O) groups is 3. The van der Waals surface area contributed by atoms with Crippen LogP contribution in [0.1, 0.15) is 37.3 Å². The first kappa shape index (κ1) is 24.4. The molecule has 1 saturated heterocycles. The van der Waals surface area contributed by atoms with Gasteiger partial charge >= 0.3 is 18.2 Å². The summed E-state index contributed by atoms with van der Waals surface area (Å²) in [5.74, 6) is -1.93. The van der Waals surface area contributed by atoms with Gasteiger partial charge in [0.25, 0.3) is 5.91 Å². The van der Waals surface area contributed by atoms with E-state index in [2.05, 4.69) is 10.0 Å². The number of ether oxygens (including phenoxy) is 3. The lowest BCUT2D eigenvalue weighted by atomic mass is 10.1. The fourth-order valence-electron chi connectivity index (χ4n) is 3.80. The van der Waals surface area contributed by atoms with Crippen molar-refractivity contribution in [3.8, 4) is 0 Å². The number of aromatic nitrogens is 1. The molecule has 1 aromatic heterocycles. The zero-order valence-corrected chi connectivity index (χ0v) is 18.9. The van der Waals surface area contributed by atoms with E-state index in [1.807, 2.05) is 0 Å². The summed E-state index contributed by atoms with van der Waals surface area (Å²) in [6.07, 6.45) is -0.0414. The summed E-state index contributed by atoms with van der Waals surface area (Å²) in [4.78, 5) is 39.9. The van der Waals surface area contributed by atoms with Gasteiger partial charge < -0.3 is 19.9 Å². The Hall–Kier alpha value is -4.73. The van der Waals surface area contributed by atoms with E-state index in [-0.39, 0.29) is 17.7 Å². The normalized spacial score (nSPS) is 20.7. The van der Waals surface area contributed by atoms with Gasteiger partial charge in [0.05, 0.1) is 11.1 Å². The minimum Gasteiger partial charge on any atom is -0.459 e. The molecule has 2 N–H and O–H groups in total. The maximum absolute atomic E-state index is 12.9. The molecule has 2 heterocycles. The predicted molar refractivity (Wildman–Crippen MR) is 124 cm³/mol. The number of pyridine rings is 1. The summed E-state index contributed by atoms with van der Waals surface area (Å²) in [5, 5.41) is 3.80. The van der Waals surface area contributed by atoms with E-state index in [0.29, 0.717) is 5.56 Å². The van der Waals surface area contributed by atoms with Gasteiger partial charge in [0, 0.05) is 11.0 Å². The Morgan fingerprint density at radius 2 is 1.56 bits per heavy atom. The number of hydrogen-bond acceptors (Lipinski definition) is 7. The average molecular weight is 488 g/mol. The van der Waals surface area contributed by atoms with Crippen molar-refractivity contribution in [3.63, 3.8) is 0 Å². The summed E-state index contributed by atoms with van der Waals surface area (Å²) in [6.45, 7) is -0.274. The molecule has 1 unspecified atom stereocenters. The maximum atomic E-state index is 12.9. The predicted octanol–water partition coefficient (Wildman–Crippen LogP) is 2.73. The molecule has 0 spiro atoms. The van der Waals surface area contributed by atoms with Crippen molar-refractivity contribution in [2.24, 2.45) is 10.8 Å². The van der Waals surface area contributed by atoms with Crippen LogP contribution in [0.5, 0.6) is 0 Å². The fraction of sp³-hybridized carbons (Fsp3) is 0.200. The molecule has 1 amide bonds. The van der Waals surface area contributed by atoms with Gasteiger partial charge in [0.1, 0.15) is 24.3 Å². The number of esters is 2. The quantitative estimate of drug-likeness (QED) is 0.169. The smallest absolute Gasteiger partial charge is 0.338 e. The zero-order valence-electron chi connectivity index (χ0n) is 18.9. The molecule has 1 fully saturated rings. The number of amides is 1. The number of nitrogens with zero attached hydrogens (tertiary/aromatic N) is 4. The van der Waals surface area contributed by atoms with Crippen LogP contribution < -0.4 is 10.3 Å². The topological polar surface area (TPSA) is 158 Å². The first-order chi connectivity index (χ1) is 17.5. The Bertz CT molecular complexity index is 1300. The van der Waals surface area contributed by atoms with Gasteiger partial charge in [-0.2, -0.15) is 4.57 Å². The lowest BCUT2D eigenvalue weighted by molar-refractivity contribution is -0.765. The number of azide groups is 1. The molecule has 1 aliphatic heterocycles. The Labute approximate surface area is 205 Å². The molecule has 11 heteroatoms. The van der Waals surface area contributed by atoms with Crippen LogP contribution in [-0.2, 0) is 14.2 Å². The van der Waals surface area contributed by atoms with E-state index in [0.717, 1.165) is 0 Å². The number of nitrogens with two attached hydrogens (primary N) is 1. The Morgan fingerprint density at radius 1 is 0.944 bits per heavy atom. The Balaban J connectivity index is 1.63. The molecule has 0 bridgehead atoms. The van der Waals surface area contributed by atoms with E-state index in [1.165, 1.54) is 16.8 Å². The van der Waals surface area contributed by atoms with Crippen LogP contribution >= 0.6 is 0 Å². The van der Waals surface area contributed by atoms with E-state index in [1.54, 1.807) is 72.9 Å². The zero-order chi connectivity index (χ0) is 25.5. The lowest BCUT2D eigenvalue weighted by Crippen LogP contribution is -2.47. The Kier molecular flexibility index (Phi) is 7.54. The maximum Gasteiger partial charge on any atom is 0.338 e. The van der Waals surface area contributed by atoms with Crippen LogP contribution in [0.2, 0.25) is 0 Å². The van der Waals surface area contributed by atoms with Gasteiger partial charge in [-0.3, -0.25) is 4.79 Å². The highest BCUT2D eigenvalue weighted by Gasteiger charge is 2.52. The summed E-state index contributed by atoms with van der Waals surface area (Å²) in [5.41, 5.74) is 15.4. The molecule has 0 saturated carbocycles. The molecule has 36 heavy (non-hydrogen) atoms. The minimum atomic E-state index is -1.11. The van der Waals surface area contributed by atoms with Crippen LogP contribution in [0.4, 0.5) is 0 Å². The molecular weight excluding hydrogens is 466 g/mol. The van der Waals surface area contributed by atoms with Crippen molar-refractivity contribution in [2.45, 2.75) is 24.5 Å². The van der Waals surface area contributed by atoms with Gasteiger partial charge in [-0.25, -0.2) is 9.59 Å². The number of hydrogen-bond donors (Lipinski definition) is 1. The van der Waals surface area contributed by atoms with Gasteiger partial charge in [-0.05, 0) is 35.9 Å². The Morgan fingerprint density at radius 3 is 2.17 bits per heavy atom. The molecule has 11 nitrogen and oxygen atoms in total. The second kappa shape index (κ2) is 11.1. The van der Waals surface area contributed by atoms with Crippen molar-refractivity contribution >= 4 is 17.8 Å². The van der Waals surface area contributed by atoms with E-state index in [9.17, 15) is 19.9 Å². The van der Waals surface area contributed by atoms with Gasteiger partial charge in [0.2, 0.25) is 6.10 Å². The van der Waals surface area contributed by atoms with E-state index < -0.39 is 42.3 Å². The first-order valence-corrected chi connectivity index (χ1v) is 11.0. The molecule has 0 aliphatic carbocycles. The average Bonchev–Trinajstić information content (AvgIpc) is 3.25. The standard InChI is InChI=1S/C25H21N5O6/c26-22(31)18-12-7-13-30(14-18)23-21(36-25(33)17-10-5-2-6-11-17)20(28-29-27)19(35-23)15-34-24(32)16-8-3-1-4-9-16/h1-14,19-21,23H,15H2,(H-,26,31)/p+1/t19-,20?,21-,23-/m1/s1. The summed E-state index contributed by atoms with van der Waals surface area (Å²) >= 11 is 0. The van der Waals surface area contributed by atoms with Crippen molar-refractivity contribution in [1.82, 2.24) is 0 Å². The minimum absolute atomic E-state index is 0.188. The van der Waals surface area contributed by atoms with Crippen molar-refractivity contribution in [2.75, 3.05) is 6.61 Å². The van der Waals surface area contributed by atoms with Crippen LogP contribution in [0.25, 0.3) is 10.4 Å².